The molecule has 2 aromatic carbocycles. The van der Waals surface area contributed by atoms with Gasteiger partial charge in [-0.1, -0.05) is 36.4 Å². The topological polar surface area (TPSA) is 93.4 Å². The Hall–Kier alpha value is -2.93. The standard InChI is InChI=1S/C16H11NO5S/c18-15(16(19)20)13-10-17(14-9-5-4-8-12(13)14)23(21,22)11-6-2-1-3-7-11/h1-10H,(H,19,20). The SMILES string of the molecule is O=C(O)C(=O)c1cn(S(=O)(=O)c2ccccc2)c2ccccc12. The number of hydrogen-bond acceptors (Lipinski definition) is 4. The van der Waals surface area contributed by atoms with Crippen LogP contribution in [0.2, 0.25) is 0 Å². The zero-order valence-corrected chi connectivity index (χ0v) is 12.5. The van der Waals surface area contributed by atoms with Gasteiger partial charge < -0.3 is 5.11 Å². The fraction of sp³-hybridized carbons (Fsp3) is 0. The normalized spacial score (nSPS) is 11.5. The first-order chi connectivity index (χ1) is 10.9. The van der Waals surface area contributed by atoms with Crippen molar-refractivity contribution in [2.45, 2.75) is 4.90 Å². The minimum atomic E-state index is -3.93. The maximum Gasteiger partial charge on any atom is 0.377 e. The van der Waals surface area contributed by atoms with Crippen LogP contribution < -0.4 is 0 Å². The highest BCUT2D eigenvalue weighted by molar-refractivity contribution is 7.90. The lowest BCUT2D eigenvalue weighted by Gasteiger charge is -2.07. The van der Waals surface area contributed by atoms with E-state index in [1.165, 1.54) is 24.3 Å². The molecule has 1 heterocycles. The first-order valence-corrected chi connectivity index (χ1v) is 8.05. The molecule has 23 heavy (non-hydrogen) atoms. The first kappa shape index (κ1) is 15.0. The second kappa shape index (κ2) is 5.36. The van der Waals surface area contributed by atoms with Crippen molar-refractivity contribution in [2.75, 3.05) is 0 Å². The fourth-order valence-electron chi connectivity index (χ4n) is 2.35. The maximum absolute atomic E-state index is 12.8. The van der Waals surface area contributed by atoms with Crippen LogP contribution in [0.25, 0.3) is 10.9 Å². The molecule has 3 rings (SSSR count). The van der Waals surface area contributed by atoms with E-state index >= 15 is 0 Å². The van der Waals surface area contributed by atoms with Crippen molar-refractivity contribution >= 4 is 32.7 Å². The zero-order chi connectivity index (χ0) is 16.6. The highest BCUT2D eigenvalue weighted by Crippen LogP contribution is 2.26. The molecule has 116 valence electrons. The van der Waals surface area contributed by atoms with E-state index in [1.807, 2.05) is 0 Å². The van der Waals surface area contributed by atoms with Gasteiger partial charge in [0.2, 0.25) is 0 Å². The molecule has 0 unspecified atom stereocenters. The number of rotatable bonds is 4. The summed E-state index contributed by atoms with van der Waals surface area (Å²) in [6, 6.07) is 14.0. The molecule has 7 heteroatoms. The van der Waals surface area contributed by atoms with Gasteiger partial charge in [-0.15, -0.1) is 0 Å². The van der Waals surface area contributed by atoms with Crippen LogP contribution in [-0.2, 0) is 14.8 Å². The van der Waals surface area contributed by atoms with Gasteiger partial charge in [0.25, 0.3) is 15.8 Å². The zero-order valence-electron chi connectivity index (χ0n) is 11.7. The van der Waals surface area contributed by atoms with Crippen molar-refractivity contribution in [2.24, 2.45) is 0 Å². The number of carboxylic acid groups (broad SMARTS) is 1. The number of nitrogens with zero attached hydrogens (tertiary/aromatic N) is 1. The number of para-hydroxylation sites is 1. The number of carbonyl (C=O) groups is 2. The highest BCUT2D eigenvalue weighted by Gasteiger charge is 2.25. The molecule has 0 bridgehead atoms. The van der Waals surface area contributed by atoms with E-state index in [4.69, 9.17) is 5.11 Å². The predicted octanol–water partition coefficient (Wildman–Crippen LogP) is 2.15. The molecule has 0 aliphatic carbocycles. The number of carbonyl (C=O) groups excluding carboxylic acids is 1. The van der Waals surface area contributed by atoms with Gasteiger partial charge >= 0.3 is 5.97 Å². The summed E-state index contributed by atoms with van der Waals surface area (Å²) >= 11 is 0. The molecule has 0 saturated heterocycles. The van der Waals surface area contributed by atoms with Crippen molar-refractivity contribution < 1.29 is 23.1 Å². The van der Waals surface area contributed by atoms with Crippen molar-refractivity contribution in [1.82, 2.24) is 3.97 Å². The Bertz CT molecular complexity index is 1020. The van der Waals surface area contributed by atoms with E-state index in [9.17, 15) is 18.0 Å². The van der Waals surface area contributed by atoms with E-state index in [-0.39, 0.29) is 21.4 Å². The number of aromatic nitrogens is 1. The van der Waals surface area contributed by atoms with Gasteiger partial charge in [0, 0.05) is 11.6 Å². The minimum Gasteiger partial charge on any atom is -0.475 e. The number of hydrogen-bond donors (Lipinski definition) is 1. The Morgan fingerprint density at radius 1 is 0.913 bits per heavy atom. The molecule has 0 aliphatic rings. The van der Waals surface area contributed by atoms with Crippen molar-refractivity contribution in [3.8, 4) is 0 Å². The molecule has 0 fully saturated rings. The number of Topliss-reactive ketones (excluding diaryl/α,β-unsaturated/α-hetero) is 1. The summed E-state index contributed by atoms with van der Waals surface area (Å²) < 4.78 is 26.5. The van der Waals surface area contributed by atoms with E-state index in [0.717, 1.165) is 10.2 Å². The largest absolute Gasteiger partial charge is 0.475 e. The van der Waals surface area contributed by atoms with E-state index in [0.29, 0.717) is 0 Å². The molecule has 6 nitrogen and oxygen atoms in total. The van der Waals surface area contributed by atoms with Gasteiger partial charge in [-0.25, -0.2) is 17.2 Å². The number of carboxylic acids is 1. The average Bonchev–Trinajstić information content (AvgIpc) is 2.95. The molecular weight excluding hydrogens is 318 g/mol. The molecule has 0 saturated carbocycles. The van der Waals surface area contributed by atoms with Crippen molar-refractivity contribution in [3.05, 3.63) is 66.4 Å². The monoisotopic (exact) mass is 329 g/mol. The summed E-state index contributed by atoms with van der Waals surface area (Å²) in [6.07, 6.45) is 1.06. The van der Waals surface area contributed by atoms with Crippen molar-refractivity contribution in [1.29, 1.82) is 0 Å². The molecule has 1 aromatic heterocycles. The van der Waals surface area contributed by atoms with Gasteiger partial charge in [0.15, 0.2) is 0 Å². The van der Waals surface area contributed by atoms with Gasteiger partial charge in [-0.2, -0.15) is 0 Å². The van der Waals surface area contributed by atoms with Crippen LogP contribution in [0, 0.1) is 0 Å². The fourth-order valence-corrected chi connectivity index (χ4v) is 3.74. The van der Waals surface area contributed by atoms with E-state index in [1.54, 1.807) is 30.3 Å². The Balaban J connectivity index is 2.32. The Morgan fingerprint density at radius 3 is 2.17 bits per heavy atom. The van der Waals surface area contributed by atoms with Gasteiger partial charge in [0.05, 0.1) is 16.0 Å². The van der Waals surface area contributed by atoms with Crippen LogP contribution in [0.1, 0.15) is 10.4 Å². The summed E-state index contributed by atoms with van der Waals surface area (Å²) in [6.45, 7) is 0. The van der Waals surface area contributed by atoms with Crippen LogP contribution in [0.3, 0.4) is 0 Å². The molecule has 0 atom stereocenters. The summed E-state index contributed by atoms with van der Waals surface area (Å²) in [4.78, 5) is 22.8. The smallest absolute Gasteiger partial charge is 0.377 e. The molecule has 0 spiro atoms. The number of fused-ring (bicyclic) bond motifs is 1. The number of benzene rings is 2. The lowest BCUT2D eigenvalue weighted by molar-refractivity contribution is -0.131. The van der Waals surface area contributed by atoms with Crippen LogP contribution >= 0.6 is 0 Å². The van der Waals surface area contributed by atoms with Gasteiger partial charge in [0.1, 0.15) is 0 Å². The van der Waals surface area contributed by atoms with E-state index in [2.05, 4.69) is 0 Å². The summed E-state index contributed by atoms with van der Waals surface area (Å²) in [7, 11) is -3.93. The Kier molecular flexibility index (Phi) is 3.49. The van der Waals surface area contributed by atoms with Crippen LogP contribution in [0.5, 0.6) is 0 Å². The van der Waals surface area contributed by atoms with Gasteiger partial charge in [-0.3, -0.25) is 4.79 Å². The highest BCUT2D eigenvalue weighted by atomic mass is 32.2. The second-order valence-electron chi connectivity index (χ2n) is 4.81. The first-order valence-electron chi connectivity index (χ1n) is 6.61. The lowest BCUT2D eigenvalue weighted by atomic mass is 10.1. The molecule has 0 amide bonds. The third kappa shape index (κ3) is 2.40. The second-order valence-corrected chi connectivity index (χ2v) is 6.62. The lowest BCUT2D eigenvalue weighted by Crippen LogP contribution is -2.14. The van der Waals surface area contributed by atoms with Crippen LogP contribution in [0.4, 0.5) is 0 Å². The predicted molar refractivity (Wildman–Crippen MR) is 82.9 cm³/mol. The molecular formula is C16H11NO5S. The molecule has 3 aromatic rings. The van der Waals surface area contributed by atoms with Crippen LogP contribution in [0.15, 0.2) is 65.7 Å². The third-order valence-corrected chi connectivity index (χ3v) is 5.10. The molecule has 1 N–H and O–H groups in total. The summed E-state index contributed by atoms with van der Waals surface area (Å²) in [5, 5.41) is 9.19. The molecule has 0 aliphatic heterocycles. The molecule has 0 radical (unpaired) electrons. The maximum atomic E-state index is 12.8. The minimum absolute atomic E-state index is 0.0510. The average molecular weight is 329 g/mol. The Morgan fingerprint density at radius 2 is 1.52 bits per heavy atom. The van der Waals surface area contributed by atoms with Crippen molar-refractivity contribution in [3.63, 3.8) is 0 Å². The van der Waals surface area contributed by atoms with Gasteiger partial charge in [-0.05, 0) is 18.2 Å². The number of aliphatic carboxylic acids is 1. The Labute approximate surface area is 131 Å². The summed E-state index contributed by atoms with van der Waals surface area (Å²) in [5.41, 5.74) is 0.0913. The van der Waals surface area contributed by atoms with E-state index < -0.39 is 21.8 Å². The third-order valence-electron chi connectivity index (χ3n) is 3.42. The summed E-state index contributed by atoms with van der Waals surface area (Å²) in [5.74, 6) is -2.78. The quantitative estimate of drug-likeness (QED) is 0.585. The van der Waals surface area contributed by atoms with Crippen LogP contribution in [-0.4, -0.2) is 29.2 Å². The number of ketones is 1.